The second-order valence-electron chi connectivity index (χ2n) is 6.13. The van der Waals surface area contributed by atoms with Crippen LogP contribution in [0.4, 0.5) is 13.2 Å². The quantitative estimate of drug-likeness (QED) is 0.703. The molecule has 0 bridgehead atoms. The molecule has 0 fully saturated rings. The Labute approximate surface area is 161 Å². The number of thiazole rings is 1. The highest BCUT2D eigenvalue weighted by Crippen LogP contribution is 2.25. The Morgan fingerprint density at radius 2 is 1.86 bits per heavy atom. The van der Waals surface area contributed by atoms with E-state index in [9.17, 15) is 27.9 Å². The molecule has 146 valence electrons. The molecule has 28 heavy (non-hydrogen) atoms. The molecular weight excluding hydrogens is 393 g/mol. The highest BCUT2D eigenvalue weighted by molar-refractivity contribution is 7.16. The number of aliphatic carboxylic acids is 1. The minimum atomic E-state index is -1.21. The van der Waals surface area contributed by atoms with Crippen LogP contribution in [0.2, 0.25) is 0 Å². The maximum Gasteiger partial charge on any atom is 0.326 e. The van der Waals surface area contributed by atoms with Crippen molar-refractivity contribution in [3.05, 3.63) is 63.7 Å². The van der Waals surface area contributed by atoms with Crippen molar-refractivity contribution in [2.75, 3.05) is 0 Å². The fourth-order valence-electron chi connectivity index (χ4n) is 2.86. The van der Waals surface area contributed by atoms with Gasteiger partial charge in [0.25, 0.3) is 5.91 Å². The van der Waals surface area contributed by atoms with Crippen molar-refractivity contribution in [3.8, 4) is 0 Å². The third-order valence-electron chi connectivity index (χ3n) is 4.28. The van der Waals surface area contributed by atoms with Crippen molar-refractivity contribution in [2.45, 2.75) is 26.3 Å². The van der Waals surface area contributed by atoms with Gasteiger partial charge in [-0.3, -0.25) is 4.79 Å². The third-order valence-corrected chi connectivity index (χ3v) is 5.30. The number of aryl methyl sites for hydroxylation is 1. The zero-order chi connectivity index (χ0) is 20.6. The lowest BCUT2D eigenvalue weighted by Gasteiger charge is -2.13. The molecule has 0 radical (unpaired) electrons. The Morgan fingerprint density at radius 3 is 2.50 bits per heavy atom. The number of hydrogen-bond donors (Lipinski definition) is 1. The first-order chi connectivity index (χ1) is 13.2. The second-order valence-corrected chi connectivity index (χ2v) is 7.14. The zero-order valence-electron chi connectivity index (χ0n) is 14.9. The Balaban J connectivity index is 2.30. The number of aromatic nitrogens is 1. The van der Waals surface area contributed by atoms with Gasteiger partial charge < -0.3 is 9.67 Å². The summed E-state index contributed by atoms with van der Waals surface area (Å²) in [6.07, 6.45) is 0.126. The standard InChI is InChI=1S/C19H15F3N2O3S/c1-3-14(18(26)27)24-15-7-12(21)13(22)8-16(15)28-19(24)23-17(25)11-6-10(20)5-4-9(11)2/h4-8,14H,3H2,1-2H3,(H,26,27)/b23-19-. The van der Waals surface area contributed by atoms with Gasteiger partial charge in [0.1, 0.15) is 11.9 Å². The molecule has 0 saturated heterocycles. The summed E-state index contributed by atoms with van der Waals surface area (Å²) in [4.78, 5) is 28.2. The van der Waals surface area contributed by atoms with Gasteiger partial charge in [-0.05, 0) is 37.1 Å². The molecule has 1 atom stereocenters. The number of halogens is 3. The highest BCUT2D eigenvalue weighted by atomic mass is 32.1. The maximum absolute atomic E-state index is 13.8. The van der Waals surface area contributed by atoms with Gasteiger partial charge in [0.05, 0.1) is 10.2 Å². The number of benzene rings is 2. The van der Waals surface area contributed by atoms with Gasteiger partial charge >= 0.3 is 5.97 Å². The van der Waals surface area contributed by atoms with Crippen LogP contribution in [-0.2, 0) is 4.79 Å². The lowest BCUT2D eigenvalue weighted by Crippen LogP contribution is -2.27. The number of amides is 1. The molecule has 3 aromatic rings. The van der Waals surface area contributed by atoms with E-state index < -0.39 is 35.4 Å². The lowest BCUT2D eigenvalue weighted by molar-refractivity contribution is -0.140. The molecule has 2 aromatic carbocycles. The van der Waals surface area contributed by atoms with E-state index in [1.165, 1.54) is 16.7 Å². The number of fused-ring (bicyclic) bond motifs is 1. The normalized spacial score (nSPS) is 13.1. The summed E-state index contributed by atoms with van der Waals surface area (Å²) in [5, 5.41) is 9.52. The van der Waals surface area contributed by atoms with E-state index >= 15 is 0 Å². The molecular formula is C19H15F3N2O3S. The SMILES string of the molecule is CCC(C(=O)O)n1/c(=N/C(=O)c2cc(F)ccc2C)sc2cc(F)c(F)cc21. The van der Waals surface area contributed by atoms with E-state index in [-0.39, 0.29) is 27.0 Å². The van der Waals surface area contributed by atoms with Crippen molar-refractivity contribution in [2.24, 2.45) is 4.99 Å². The molecule has 1 amide bonds. The molecule has 1 unspecified atom stereocenters. The number of carboxylic acid groups (broad SMARTS) is 1. The molecule has 1 aromatic heterocycles. The van der Waals surface area contributed by atoms with Gasteiger partial charge in [-0.2, -0.15) is 4.99 Å². The van der Waals surface area contributed by atoms with E-state index in [1.807, 2.05) is 0 Å². The van der Waals surface area contributed by atoms with Crippen LogP contribution in [0, 0.1) is 24.4 Å². The number of hydrogen-bond acceptors (Lipinski definition) is 3. The molecule has 0 saturated carbocycles. The number of carboxylic acids is 1. The van der Waals surface area contributed by atoms with E-state index in [2.05, 4.69) is 4.99 Å². The molecule has 0 aliphatic carbocycles. The summed E-state index contributed by atoms with van der Waals surface area (Å²) >= 11 is 0.853. The summed E-state index contributed by atoms with van der Waals surface area (Å²) in [5.41, 5.74) is 0.621. The summed E-state index contributed by atoms with van der Waals surface area (Å²) in [7, 11) is 0. The molecule has 1 heterocycles. The first-order valence-electron chi connectivity index (χ1n) is 8.31. The van der Waals surface area contributed by atoms with Gasteiger partial charge in [0.15, 0.2) is 16.4 Å². The van der Waals surface area contributed by atoms with Gasteiger partial charge in [0.2, 0.25) is 0 Å². The minimum absolute atomic E-state index is 0.0183. The van der Waals surface area contributed by atoms with E-state index in [0.29, 0.717) is 5.56 Å². The van der Waals surface area contributed by atoms with Crippen LogP contribution in [0.25, 0.3) is 10.2 Å². The average Bonchev–Trinajstić information content (AvgIpc) is 2.95. The smallest absolute Gasteiger partial charge is 0.326 e. The van der Waals surface area contributed by atoms with Gasteiger partial charge in [-0.1, -0.05) is 24.3 Å². The molecule has 1 N–H and O–H groups in total. The van der Waals surface area contributed by atoms with Crippen LogP contribution in [0.5, 0.6) is 0 Å². The van der Waals surface area contributed by atoms with Crippen LogP contribution in [0.1, 0.15) is 35.3 Å². The summed E-state index contributed by atoms with van der Waals surface area (Å²) < 4.78 is 42.3. The predicted molar refractivity (Wildman–Crippen MR) is 97.7 cm³/mol. The first kappa shape index (κ1) is 19.8. The summed E-state index contributed by atoms with van der Waals surface area (Å²) in [6.45, 7) is 3.22. The van der Waals surface area contributed by atoms with Crippen molar-refractivity contribution in [1.82, 2.24) is 4.57 Å². The van der Waals surface area contributed by atoms with Crippen LogP contribution in [0.15, 0.2) is 35.3 Å². The molecule has 0 aliphatic heterocycles. The zero-order valence-corrected chi connectivity index (χ0v) is 15.7. The maximum atomic E-state index is 13.8. The Hall–Kier alpha value is -2.94. The predicted octanol–water partition coefficient (Wildman–Crippen LogP) is 4.21. The van der Waals surface area contributed by atoms with Gasteiger partial charge in [0, 0.05) is 11.6 Å². The topological polar surface area (TPSA) is 71.7 Å². The van der Waals surface area contributed by atoms with Crippen molar-refractivity contribution in [1.29, 1.82) is 0 Å². The van der Waals surface area contributed by atoms with Crippen LogP contribution in [-0.4, -0.2) is 21.6 Å². The number of carbonyl (C=O) groups is 2. The van der Waals surface area contributed by atoms with Crippen LogP contribution in [0.3, 0.4) is 0 Å². The Morgan fingerprint density at radius 1 is 1.18 bits per heavy atom. The van der Waals surface area contributed by atoms with E-state index in [4.69, 9.17) is 0 Å². The first-order valence-corrected chi connectivity index (χ1v) is 9.12. The lowest BCUT2D eigenvalue weighted by atomic mass is 10.1. The molecule has 9 heteroatoms. The van der Waals surface area contributed by atoms with Crippen molar-refractivity contribution >= 4 is 33.4 Å². The Kier molecular flexibility index (Phi) is 5.37. The van der Waals surface area contributed by atoms with E-state index in [1.54, 1.807) is 13.8 Å². The van der Waals surface area contributed by atoms with Crippen LogP contribution < -0.4 is 4.80 Å². The molecule has 3 rings (SSSR count). The van der Waals surface area contributed by atoms with Crippen LogP contribution >= 0.6 is 11.3 Å². The summed E-state index contributed by atoms with van der Waals surface area (Å²) in [6, 6.07) is 4.33. The number of carbonyl (C=O) groups excluding carboxylic acids is 1. The monoisotopic (exact) mass is 408 g/mol. The fourth-order valence-corrected chi connectivity index (χ4v) is 3.93. The number of rotatable bonds is 4. The van der Waals surface area contributed by atoms with E-state index in [0.717, 1.165) is 29.5 Å². The highest BCUT2D eigenvalue weighted by Gasteiger charge is 2.23. The van der Waals surface area contributed by atoms with Crippen molar-refractivity contribution < 1.29 is 27.9 Å². The Bertz CT molecular complexity index is 1170. The number of nitrogens with zero attached hydrogens (tertiary/aromatic N) is 2. The average molecular weight is 408 g/mol. The third kappa shape index (κ3) is 3.57. The van der Waals surface area contributed by atoms with Gasteiger partial charge in [-0.25, -0.2) is 18.0 Å². The second kappa shape index (κ2) is 7.59. The molecule has 0 aliphatic rings. The molecule has 5 nitrogen and oxygen atoms in total. The summed E-state index contributed by atoms with van der Waals surface area (Å²) in [5.74, 6) is -4.84. The van der Waals surface area contributed by atoms with Gasteiger partial charge in [-0.15, -0.1) is 0 Å². The molecule has 0 spiro atoms. The minimum Gasteiger partial charge on any atom is -0.480 e. The largest absolute Gasteiger partial charge is 0.480 e. The van der Waals surface area contributed by atoms with Crippen molar-refractivity contribution in [3.63, 3.8) is 0 Å². The fraction of sp³-hybridized carbons (Fsp3) is 0.211.